The van der Waals surface area contributed by atoms with Gasteiger partial charge in [-0.3, -0.25) is 4.79 Å². The summed E-state index contributed by atoms with van der Waals surface area (Å²) in [5.74, 6) is 0.337. The smallest absolute Gasteiger partial charge is 0.227 e. The van der Waals surface area contributed by atoms with E-state index in [4.69, 9.17) is 33.7 Å². The molecule has 3 N–H and O–H groups in total. The van der Waals surface area contributed by atoms with E-state index in [9.17, 15) is 4.79 Å². The van der Waals surface area contributed by atoms with Crippen molar-refractivity contribution in [3.63, 3.8) is 0 Å². The number of hydrogen-bond donors (Lipinski definition) is 2. The molecule has 0 aliphatic carbocycles. The van der Waals surface area contributed by atoms with Gasteiger partial charge in [-0.15, -0.1) is 0 Å². The number of rotatable bonds is 5. The predicted octanol–water partition coefficient (Wildman–Crippen LogP) is 3.98. The lowest BCUT2D eigenvalue weighted by atomic mass is 10.3. The standard InChI is InChI=1S/C15H14Cl2N2O2/c16-10-4-5-14(13(17)8-10)21-7-6-15(20)19-12-3-1-2-11(18)9-12/h1-5,8-9H,6-7,18H2,(H,19,20). The molecule has 0 atom stereocenters. The van der Waals surface area contributed by atoms with Crippen LogP contribution in [0.3, 0.4) is 0 Å². The molecule has 0 saturated heterocycles. The molecule has 4 nitrogen and oxygen atoms in total. The van der Waals surface area contributed by atoms with E-state index < -0.39 is 0 Å². The van der Waals surface area contributed by atoms with Crippen LogP contribution in [0.1, 0.15) is 6.42 Å². The van der Waals surface area contributed by atoms with E-state index in [1.807, 2.05) is 0 Å². The second-order valence-electron chi connectivity index (χ2n) is 4.35. The van der Waals surface area contributed by atoms with Crippen LogP contribution in [-0.4, -0.2) is 12.5 Å². The van der Waals surface area contributed by atoms with Crippen molar-refractivity contribution in [3.8, 4) is 5.75 Å². The van der Waals surface area contributed by atoms with E-state index in [-0.39, 0.29) is 18.9 Å². The number of hydrogen-bond acceptors (Lipinski definition) is 3. The first-order chi connectivity index (χ1) is 10.0. The summed E-state index contributed by atoms with van der Waals surface area (Å²) >= 11 is 11.8. The second kappa shape index (κ2) is 7.20. The number of anilines is 2. The van der Waals surface area contributed by atoms with E-state index in [1.165, 1.54) is 0 Å². The molecular weight excluding hydrogens is 311 g/mol. The molecule has 0 bridgehead atoms. The molecule has 0 aromatic heterocycles. The van der Waals surface area contributed by atoms with Crippen LogP contribution < -0.4 is 15.8 Å². The van der Waals surface area contributed by atoms with Crippen LogP contribution in [0.4, 0.5) is 11.4 Å². The molecule has 0 radical (unpaired) electrons. The van der Waals surface area contributed by atoms with Gasteiger partial charge in [-0.2, -0.15) is 0 Å². The van der Waals surface area contributed by atoms with Gasteiger partial charge in [-0.1, -0.05) is 29.3 Å². The number of carbonyl (C=O) groups excluding carboxylic acids is 1. The van der Waals surface area contributed by atoms with Crippen LogP contribution in [0.25, 0.3) is 0 Å². The van der Waals surface area contributed by atoms with Crippen LogP contribution in [-0.2, 0) is 4.79 Å². The van der Waals surface area contributed by atoms with Crippen molar-refractivity contribution in [2.75, 3.05) is 17.7 Å². The molecule has 0 spiro atoms. The largest absolute Gasteiger partial charge is 0.491 e. The maximum absolute atomic E-state index is 11.8. The highest BCUT2D eigenvalue weighted by atomic mass is 35.5. The summed E-state index contributed by atoms with van der Waals surface area (Å²) in [6.07, 6.45) is 0.202. The van der Waals surface area contributed by atoms with Crippen molar-refractivity contribution in [2.45, 2.75) is 6.42 Å². The average Bonchev–Trinajstić information content (AvgIpc) is 2.41. The normalized spacial score (nSPS) is 10.2. The molecule has 0 unspecified atom stereocenters. The zero-order chi connectivity index (χ0) is 15.2. The van der Waals surface area contributed by atoms with Crippen molar-refractivity contribution in [1.82, 2.24) is 0 Å². The van der Waals surface area contributed by atoms with Gasteiger partial charge in [0, 0.05) is 16.4 Å². The van der Waals surface area contributed by atoms with Crippen LogP contribution in [0, 0.1) is 0 Å². The van der Waals surface area contributed by atoms with Gasteiger partial charge in [0.05, 0.1) is 18.1 Å². The minimum Gasteiger partial charge on any atom is -0.491 e. The molecule has 0 saturated carbocycles. The summed E-state index contributed by atoms with van der Waals surface area (Å²) in [5, 5.41) is 3.69. The fourth-order valence-electron chi connectivity index (χ4n) is 1.69. The average molecular weight is 325 g/mol. The Kier molecular flexibility index (Phi) is 5.31. The molecule has 0 heterocycles. The lowest BCUT2D eigenvalue weighted by molar-refractivity contribution is -0.116. The van der Waals surface area contributed by atoms with Gasteiger partial charge in [-0.05, 0) is 36.4 Å². The molecule has 110 valence electrons. The number of benzene rings is 2. The molecule has 1 amide bonds. The molecule has 2 rings (SSSR count). The molecular formula is C15H14Cl2N2O2. The van der Waals surface area contributed by atoms with E-state index in [0.717, 1.165) is 0 Å². The maximum Gasteiger partial charge on any atom is 0.227 e. The first kappa shape index (κ1) is 15.5. The summed E-state index contributed by atoms with van der Waals surface area (Å²) in [7, 11) is 0. The summed E-state index contributed by atoms with van der Waals surface area (Å²) < 4.78 is 5.45. The second-order valence-corrected chi connectivity index (χ2v) is 5.19. The van der Waals surface area contributed by atoms with Gasteiger partial charge in [0.15, 0.2) is 0 Å². The summed E-state index contributed by atoms with van der Waals surface area (Å²) in [4.78, 5) is 11.8. The SMILES string of the molecule is Nc1cccc(NC(=O)CCOc2ccc(Cl)cc2Cl)c1. The summed E-state index contributed by atoms with van der Waals surface area (Å²) in [6.45, 7) is 0.218. The first-order valence-electron chi connectivity index (χ1n) is 6.28. The zero-order valence-electron chi connectivity index (χ0n) is 11.1. The number of amides is 1. The van der Waals surface area contributed by atoms with Gasteiger partial charge in [0.25, 0.3) is 0 Å². The van der Waals surface area contributed by atoms with Crippen molar-refractivity contribution < 1.29 is 9.53 Å². The fraction of sp³-hybridized carbons (Fsp3) is 0.133. The van der Waals surface area contributed by atoms with Gasteiger partial charge >= 0.3 is 0 Å². The molecule has 6 heteroatoms. The Bertz CT molecular complexity index is 647. The minimum atomic E-state index is -0.161. The minimum absolute atomic E-state index is 0.161. The highest BCUT2D eigenvalue weighted by Gasteiger charge is 2.06. The third kappa shape index (κ3) is 4.85. The first-order valence-corrected chi connectivity index (χ1v) is 7.03. The molecule has 0 aliphatic rings. The van der Waals surface area contributed by atoms with Crippen LogP contribution in [0.5, 0.6) is 5.75 Å². The maximum atomic E-state index is 11.8. The summed E-state index contributed by atoms with van der Waals surface area (Å²) in [6, 6.07) is 11.9. The highest BCUT2D eigenvalue weighted by molar-refractivity contribution is 6.35. The monoisotopic (exact) mass is 324 g/mol. The molecule has 0 fully saturated rings. The Hall–Kier alpha value is -1.91. The highest BCUT2D eigenvalue weighted by Crippen LogP contribution is 2.27. The Labute approximate surface area is 132 Å². The third-order valence-corrected chi connectivity index (χ3v) is 3.18. The Morgan fingerprint density at radius 2 is 2.00 bits per heavy atom. The van der Waals surface area contributed by atoms with Crippen molar-refractivity contribution in [1.29, 1.82) is 0 Å². The zero-order valence-corrected chi connectivity index (χ0v) is 12.6. The van der Waals surface area contributed by atoms with Gasteiger partial charge in [0.1, 0.15) is 5.75 Å². The Morgan fingerprint density at radius 1 is 1.19 bits per heavy atom. The van der Waals surface area contributed by atoms with Crippen molar-refractivity contribution in [3.05, 3.63) is 52.5 Å². The number of nitrogen functional groups attached to an aromatic ring is 1. The summed E-state index contributed by atoms with van der Waals surface area (Å²) in [5.41, 5.74) is 6.89. The van der Waals surface area contributed by atoms with Gasteiger partial charge < -0.3 is 15.8 Å². The molecule has 2 aromatic carbocycles. The number of ether oxygens (including phenoxy) is 1. The molecule has 0 aliphatic heterocycles. The number of carbonyl (C=O) groups is 1. The van der Waals surface area contributed by atoms with Gasteiger partial charge in [-0.25, -0.2) is 0 Å². The number of nitrogens with one attached hydrogen (secondary N) is 1. The van der Waals surface area contributed by atoms with E-state index >= 15 is 0 Å². The van der Waals surface area contributed by atoms with E-state index in [1.54, 1.807) is 42.5 Å². The quantitative estimate of drug-likeness (QED) is 0.817. The van der Waals surface area contributed by atoms with Crippen LogP contribution in [0.2, 0.25) is 10.0 Å². The van der Waals surface area contributed by atoms with Crippen molar-refractivity contribution in [2.24, 2.45) is 0 Å². The number of nitrogens with two attached hydrogens (primary N) is 1. The molecule has 21 heavy (non-hydrogen) atoms. The van der Waals surface area contributed by atoms with Crippen molar-refractivity contribution >= 4 is 40.5 Å². The van der Waals surface area contributed by atoms with E-state index in [2.05, 4.69) is 5.32 Å². The number of halogens is 2. The molecule has 2 aromatic rings. The lowest BCUT2D eigenvalue weighted by Crippen LogP contribution is -2.15. The fourth-order valence-corrected chi connectivity index (χ4v) is 2.15. The Morgan fingerprint density at radius 3 is 2.71 bits per heavy atom. The third-order valence-electron chi connectivity index (χ3n) is 2.65. The lowest BCUT2D eigenvalue weighted by Gasteiger charge is -2.09. The Balaban J connectivity index is 1.81. The van der Waals surface area contributed by atoms with Gasteiger partial charge in [0.2, 0.25) is 5.91 Å². The van der Waals surface area contributed by atoms with Crippen LogP contribution >= 0.6 is 23.2 Å². The van der Waals surface area contributed by atoms with Crippen LogP contribution in [0.15, 0.2) is 42.5 Å². The van der Waals surface area contributed by atoms with E-state index in [0.29, 0.717) is 27.2 Å². The topological polar surface area (TPSA) is 64.3 Å². The predicted molar refractivity (Wildman–Crippen MR) is 86.1 cm³/mol.